The number of carbonyl (C=O) groups is 2. The maximum Gasteiger partial charge on any atom is 0.273 e. The molecule has 1 aromatic carbocycles. The molecular weight excluding hydrogens is 386 g/mol. The van der Waals surface area contributed by atoms with E-state index < -0.39 is 28.0 Å². The summed E-state index contributed by atoms with van der Waals surface area (Å²) in [6.07, 6.45) is 1.10. The van der Waals surface area contributed by atoms with Crippen LogP contribution in [0.4, 0.5) is 5.69 Å². The van der Waals surface area contributed by atoms with Crippen molar-refractivity contribution < 1.29 is 24.4 Å². The van der Waals surface area contributed by atoms with Gasteiger partial charge in [0.2, 0.25) is 5.79 Å². The molecule has 4 rings (SSSR count). The third-order valence-corrected chi connectivity index (χ3v) is 6.51. The predicted octanol–water partition coefficient (Wildman–Crippen LogP) is 4.05. The van der Waals surface area contributed by atoms with E-state index in [1.54, 1.807) is 18.2 Å². The summed E-state index contributed by atoms with van der Waals surface area (Å²) in [6.45, 7) is 7.68. The first-order chi connectivity index (χ1) is 13.8. The second-order valence-electron chi connectivity index (χ2n) is 10.5. The van der Waals surface area contributed by atoms with Crippen molar-refractivity contribution in [2.75, 3.05) is 0 Å². The Labute approximate surface area is 175 Å². The minimum atomic E-state index is -1.81. The Balaban J connectivity index is 1.98. The lowest BCUT2D eigenvalue weighted by Crippen LogP contribution is -2.58. The summed E-state index contributed by atoms with van der Waals surface area (Å²) < 4.78 is 6.07. The molecule has 160 valence electrons. The zero-order valence-corrected chi connectivity index (χ0v) is 17.7. The van der Waals surface area contributed by atoms with Crippen molar-refractivity contribution in [2.24, 2.45) is 16.7 Å². The minimum Gasteiger partial charge on any atom is -0.466 e. The first-order valence-corrected chi connectivity index (χ1v) is 10.3. The lowest BCUT2D eigenvalue weighted by Gasteiger charge is -2.53. The van der Waals surface area contributed by atoms with Crippen molar-refractivity contribution in [3.05, 3.63) is 51.3 Å². The molecule has 0 bridgehead atoms. The van der Waals surface area contributed by atoms with Gasteiger partial charge in [-0.1, -0.05) is 45.9 Å². The van der Waals surface area contributed by atoms with Gasteiger partial charge in [-0.25, -0.2) is 0 Å². The van der Waals surface area contributed by atoms with Gasteiger partial charge in [0.15, 0.2) is 5.78 Å². The Morgan fingerprint density at radius 2 is 1.73 bits per heavy atom. The number of benzene rings is 1. The summed E-state index contributed by atoms with van der Waals surface area (Å²) in [5.41, 5.74) is -0.412. The maximum atomic E-state index is 13.3. The van der Waals surface area contributed by atoms with Gasteiger partial charge < -0.3 is 9.84 Å². The number of hydrogen-bond donors (Lipinski definition) is 1. The fourth-order valence-corrected chi connectivity index (χ4v) is 5.58. The summed E-state index contributed by atoms with van der Waals surface area (Å²) >= 11 is 0. The molecule has 0 radical (unpaired) electrons. The molecule has 1 heterocycles. The third kappa shape index (κ3) is 3.25. The highest BCUT2D eigenvalue weighted by Gasteiger charge is 2.61. The average molecular weight is 413 g/mol. The fraction of sp³-hybridized carbons (Fsp3) is 0.565. The van der Waals surface area contributed by atoms with Crippen LogP contribution >= 0.6 is 0 Å². The highest BCUT2D eigenvalue weighted by molar-refractivity contribution is 6.01. The molecule has 0 aromatic heterocycles. The van der Waals surface area contributed by atoms with Crippen LogP contribution in [0.2, 0.25) is 0 Å². The van der Waals surface area contributed by atoms with E-state index in [-0.39, 0.29) is 47.5 Å². The van der Waals surface area contributed by atoms with Gasteiger partial charge in [0, 0.05) is 48.8 Å². The quantitative estimate of drug-likeness (QED) is 0.579. The fourth-order valence-electron chi connectivity index (χ4n) is 5.58. The van der Waals surface area contributed by atoms with Crippen LogP contribution in [-0.4, -0.2) is 27.4 Å². The molecule has 7 nitrogen and oxygen atoms in total. The van der Waals surface area contributed by atoms with Crippen molar-refractivity contribution in [1.82, 2.24) is 0 Å². The van der Waals surface area contributed by atoms with E-state index in [2.05, 4.69) is 0 Å². The van der Waals surface area contributed by atoms with Crippen molar-refractivity contribution in [2.45, 2.75) is 65.1 Å². The van der Waals surface area contributed by atoms with Gasteiger partial charge in [0.1, 0.15) is 11.5 Å². The molecule has 30 heavy (non-hydrogen) atoms. The van der Waals surface area contributed by atoms with Crippen LogP contribution in [0.1, 0.15) is 64.9 Å². The van der Waals surface area contributed by atoms with E-state index in [9.17, 15) is 24.8 Å². The molecule has 7 heteroatoms. The smallest absolute Gasteiger partial charge is 0.273 e. The first kappa shape index (κ1) is 20.7. The largest absolute Gasteiger partial charge is 0.466 e. The number of nitro groups is 1. The van der Waals surface area contributed by atoms with Crippen LogP contribution < -0.4 is 0 Å². The molecule has 1 saturated carbocycles. The second-order valence-corrected chi connectivity index (χ2v) is 10.5. The van der Waals surface area contributed by atoms with Crippen LogP contribution in [-0.2, 0) is 14.3 Å². The molecule has 0 spiro atoms. The lowest BCUT2D eigenvalue weighted by atomic mass is 9.59. The van der Waals surface area contributed by atoms with Gasteiger partial charge in [0.05, 0.1) is 10.8 Å². The molecule has 3 atom stereocenters. The molecule has 0 unspecified atom stereocenters. The number of ketones is 2. The van der Waals surface area contributed by atoms with E-state index in [4.69, 9.17) is 4.74 Å². The Morgan fingerprint density at radius 3 is 2.40 bits per heavy atom. The number of para-hydroxylation sites is 1. The van der Waals surface area contributed by atoms with E-state index in [0.717, 1.165) is 0 Å². The van der Waals surface area contributed by atoms with Gasteiger partial charge in [0.25, 0.3) is 5.69 Å². The van der Waals surface area contributed by atoms with Gasteiger partial charge >= 0.3 is 0 Å². The summed E-state index contributed by atoms with van der Waals surface area (Å²) in [5.74, 6) is -3.81. The van der Waals surface area contributed by atoms with E-state index >= 15 is 0 Å². The molecule has 3 aliphatic rings. The summed E-state index contributed by atoms with van der Waals surface area (Å²) in [6, 6.07) is 6.17. The zero-order valence-electron chi connectivity index (χ0n) is 17.7. The van der Waals surface area contributed by atoms with E-state index in [1.165, 1.54) is 6.07 Å². The molecule has 0 saturated heterocycles. The Hall–Kier alpha value is -2.54. The Kier molecular flexibility index (Phi) is 4.47. The Morgan fingerprint density at radius 1 is 1.07 bits per heavy atom. The lowest BCUT2D eigenvalue weighted by molar-refractivity contribution is -0.385. The zero-order chi connectivity index (χ0) is 22.1. The van der Waals surface area contributed by atoms with E-state index in [0.29, 0.717) is 17.8 Å². The number of hydrogen-bond acceptors (Lipinski definition) is 6. The number of ether oxygens (including phenoxy) is 1. The Bertz CT molecular complexity index is 991. The van der Waals surface area contributed by atoms with Crippen molar-refractivity contribution in [3.63, 3.8) is 0 Å². The number of aliphatic hydroxyl groups is 1. The van der Waals surface area contributed by atoms with Crippen LogP contribution in [0.25, 0.3) is 0 Å². The molecule has 0 amide bonds. The highest BCUT2D eigenvalue weighted by atomic mass is 16.6. The topological polar surface area (TPSA) is 107 Å². The van der Waals surface area contributed by atoms with Crippen LogP contribution in [0.5, 0.6) is 0 Å². The number of nitro benzene ring substituents is 1. The van der Waals surface area contributed by atoms with Crippen molar-refractivity contribution in [3.8, 4) is 0 Å². The third-order valence-electron chi connectivity index (χ3n) is 6.51. The monoisotopic (exact) mass is 413 g/mol. The predicted molar refractivity (Wildman–Crippen MR) is 108 cm³/mol. The normalized spacial score (nSPS) is 32.2. The molecule has 1 N–H and O–H groups in total. The molecule has 1 fully saturated rings. The molecular formula is C23H27NO6. The number of rotatable bonds is 2. The molecule has 1 aliphatic heterocycles. The molecule has 2 aliphatic carbocycles. The van der Waals surface area contributed by atoms with Crippen molar-refractivity contribution >= 4 is 17.3 Å². The van der Waals surface area contributed by atoms with Gasteiger partial charge in [-0.15, -0.1) is 0 Å². The SMILES string of the molecule is CC1(C)CC(=O)C2=C(C1)O[C@]1(O)CC(C)(C)CC(=O)[C@H]1[C@@H]2c1ccccc1[N+](=O)[O-]. The van der Waals surface area contributed by atoms with Gasteiger partial charge in [-0.3, -0.25) is 19.7 Å². The number of Topliss-reactive ketones (excluding diaryl/α,β-unsaturated/α-hetero) is 2. The molecule has 1 aromatic rings. The minimum absolute atomic E-state index is 0.158. The van der Waals surface area contributed by atoms with Crippen molar-refractivity contribution in [1.29, 1.82) is 0 Å². The van der Waals surface area contributed by atoms with Gasteiger partial charge in [-0.2, -0.15) is 0 Å². The van der Waals surface area contributed by atoms with Crippen LogP contribution in [0.15, 0.2) is 35.6 Å². The average Bonchev–Trinajstić information content (AvgIpc) is 2.56. The summed E-state index contributed by atoms with van der Waals surface area (Å²) in [5, 5.41) is 23.4. The number of carbonyl (C=O) groups excluding carboxylic acids is 2. The van der Waals surface area contributed by atoms with Crippen LogP contribution in [0.3, 0.4) is 0 Å². The van der Waals surface area contributed by atoms with E-state index in [1.807, 2.05) is 27.7 Å². The first-order valence-electron chi connectivity index (χ1n) is 10.3. The van der Waals surface area contributed by atoms with Crippen LogP contribution in [0, 0.1) is 26.9 Å². The van der Waals surface area contributed by atoms with Gasteiger partial charge in [-0.05, 0) is 10.8 Å². The second kappa shape index (κ2) is 6.48. The number of nitrogens with zero attached hydrogens (tertiary/aromatic N) is 1. The number of allylic oxidation sites excluding steroid dienone is 2. The maximum absolute atomic E-state index is 13.3. The number of fused-ring (bicyclic) bond motifs is 1. The summed E-state index contributed by atoms with van der Waals surface area (Å²) in [7, 11) is 0. The highest BCUT2D eigenvalue weighted by Crippen LogP contribution is 2.58. The summed E-state index contributed by atoms with van der Waals surface area (Å²) in [4.78, 5) is 37.8. The standard InChI is InChI=1S/C23H27NO6/c1-21(2)9-15(25)19-17(11-21)30-23(27)12-22(3,4)10-16(26)20(23)18(19)13-7-5-6-8-14(13)24(28)29/h5-8,18,20,27H,9-12H2,1-4H3/t18-,20+,23-/m1/s1.